The van der Waals surface area contributed by atoms with E-state index in [2.05, 4.69) is 29.2 Å². The molecule has 32 heavy (non-hydrogen) atoms. The average molecular weight is 453 g/mol. The molecule has 0 unspecified atom stereocenters. The molecule has 0 radical (unpaired) electrons. The SMILES string of the molecule is O=C(O)C1CCN(Cc2ccc(CCn3ccc(OCc4cccs4)cc3=O)cc2)CC1. The number of carboxylic acid groups (broad SMARTS) is 1. The number of hydrogen-bond donors (Lipinski definition) is 1. The summed E-state index contributed by atoms with van der Waals surface area (Å²) in [5.41, 5.74) is 2.35. The summed E-state index contributed by atoms with van der Waals surface area (Å²) in [4.78, 5) is 26.9. The van der Waals surface area contributed by atoms with E-state index in [1.807, 2.05) is 23.6 Å². The number of aliphatic carboxylic acids is 1. The van der Waals surface area contributed by atoms with E-state index in [0.717, 1.165) is 43.8 Å². The summed E-state index contributed by atoms with van der Waals surface area (Å²) in [6.07, 6.45) is 4.01. The number of rotatable bonds is 9. The predicted molar refractivity (Wildman–Crippen MR) is 125 cm³/mol. The van der Waals surface area contributed by atoms with Crippen LogP contribution in [0.25, 0.3) is 0 Å². The Morgan fingerprint density at radius 3 is 2.50 bits per heavy atom. The van der Waals surface area contributed by atoms with E-state index in [1.54, 1.807) is 28.2 Å². The molecular weight excluding hydrogens is 424 g/mol. The Hall–Kier alpha value is -2.90. The van der Waals surface area contributed by atoms with Gasteiger partial charge in [-0.05, 0) is 61.0 Å². The molecule has 0 amide bonds. The number of aromatic nitrogens is 1. The molecule has 1 saturated heterocycles. The van der Waals surface area contributed by atoms with Crippen LogP contribution in [-0.2, 0) is 30.9 Å². The van der Waals surface area contributed by atoms with Gasteiger partial charge in [-0.2, -0.15) is 0 Å². The molecule has 1 aromatic carbocycles. The lowest BCUT2D eigenvalue weighted by atomic mass is 9.96. The summed E-state index contributed by atoms with van der Waals surface area (Å²) in [5, 5.41) is 11.1. The van der Waals surface area contributed by atoms with Crippen molar-refractivity contribution in [3.63, 3.8) is 0 Å². The fraction of sp³-hybridized carbons (Fsp3) is 0.360. The van der Waals surface area contributed by atoms with Crippen LogP contribution in [0.1, 0.15) is 28.8 Å². The van der Waals surface area contributed by atoms with E-state index < -0.39 is 5.97 Å². The van der Waals surface area contributed by atoms with Crippen molar-refractivity contribution in [3.05, 3.63) is 86.5 Å². The van der Waals surface area contributed by atoms with Gasteiger partial charge in [0, 0.05) is 30.2 Å². The summed E-state index contributed by atoms with van der Waals surface area (Å²) in [7, 11) is 0. The molecular formula is C25H28N2O4S. The second-order valence-electron chi connectivity index (χ2n) is 8.22. The highest BCUT2D eigenvalue weighted by Gasteiger charge is 2.24. The molecule has 1 aliphatic heterocycles. The first-order chi connectivity index (χ1) is 15.6. The maximum atomic E-state index is 12.4. The molecule has 0 spiro atoms. The topological polar surface area (TPSA) is 71.8 Å². The number of carbonyl (C=O) groups is 1. The van der Waals surface area contributed by atoms with Crippen LogP contribution >= 0.6 is 11.3 Å². The molecule has 1 aliphatic rings. The van der Waals surface area contributed by atoms with Crippen molar-refractivity contribution in [2.45, 2.75) is 39.0 Å². The lowest BCUT2D eigenvalue weighted by molar-refractivity contribution is -0.143. The number of likely N-dealkylation sites (tertiary alicyclic amines) is 1. The lowest BCUT2D eigenvalue weighted by Gasteiger charge is -2.30. The van der Waals surface area contributed by atoms with E-state index in [0.29, 0.717) is 18.9 Å². The average Bonchev–Trinajstić information content (AvgIpc) is 3.32. The minimum Gasteiger partial charge on any atom is -0.488 e. The first kappa shape index (κ1) is 22.3. The van der Waals surface area contributed by atoms with Crippen LogP contribution in [0.5, 0.6) is 5.75 Å². The van der Waals surface area contributed by atoms with Crippen LogP contribution in [0.2, 0.25) is 0 Å². The zero-order valence-electron chi connectivity index (χ0n) is 18.0. The number of benzene rings is 1. The summed E-state index contributed by atoms with van der Waals surface area (Å²) >= 11 is 1.63. The lowest BCUT2D eigenvalue weighted by Crippen LogP contribution is -2.35. The van der Waals surface area contributed by atoms with Crippen molar-refractivity contribution < 1.29 is 14.6 Å². The van der Waals surface area contributed by atoms with Crippen LogP contribution in [0.4, 0.5) is 0 Å². The van der Waals surface area contributed by atoms with E-state index in [1.165, 1.54) is 11.1 Å². The van der Waals surface area contributed by atoms with Gasteiger partial charge >= 0.3 is 5.97 Å². The number of aryl methyl sites for hydroxylation is 2. The molecule has 0 atom stereocenters. The smallest absolute Gasteiger partial charge is 0.306 e. The van der Waals surface area contributed by atoms with Gasteiger partial charge < -0.3 is 14.4 Å². The molecule has 7 heteroatoms. The van der Waals surface area contributed by atoms with E-state index >= 15 is 0 Å². The van der Waals surface area contributed by atoms with Crippen LogP contribution in [-0.4, -0.2) is 33.6 Å². The second-order valence-corrected chi connectivity index (χ2v) is 9.25. The third kappa shape index (κ3) is 6.08. The van der Waals surface area contributed by atoms with Gasteiger partial charge in [0.25, 0.3) is 5.56 Å². The van der Waals surface area contributed by atoms with Crippen LogP contribution in [0.3, 0.4) is 0 Å². The Labute approximate surface area is 191 Å². The van der Waals surface area contributed by atoms with E-state index in [9.17, 15) is 9.59 Å². The summed E-state index contributed by atoms with van der Waals surface area (Å²) in [5.74, 6) is -0.274. The van der Waals surface area contributed by atoms with Crippen molar-refractivity contribution in [2.24, 2.45) is 5.92 Å². The van der Waals surface area contributed by atoms with Crippen LogP contribution < -0.4 is 10.3 Å². The quantitative estimate of drug-likeness (QED) is 0.531. The van der Waals surface area contributed by atoms with Crippen LogP contribution in [0, 0.1) is 5.92 Å². The highest BCUT2D eigenvalue weighted by atomic mass is 32.1. The normalized spacial score (nSPS) is 15.0. The summed E-state index contributed by atoms with van der Waals surface area (Å²) in [6.45, 7) is 3.60. The van der Waals surface area contributed by atoms with Gasteiger partial charge in [-0.1, -0.05) is 30.3 Å². The number of nitrogens with zero attached hydrogens (tertiary/aromatic N) is 2. The molecule has 3 heterocycles. The molecule has 0 bridgehead atoms. The third-order valence-corrected chi connectivity index (χ3v) is 6.79. The Bertz CT molecular complexity index is 1070. The number of hydrogen-bond acceptors (Lipinski definition) is 5. The predicted octanol–water partition coefficient (Wildman–Crippen LogP) is 4.03. The molecule has 4 rings (SSSR count). The zero-order valence-corrected chi connectivity index (χ0v) is 18.8. The van der Waals surface area contributed by atoms with Gasteiger partial charge in [-0.15, -0.1) is 11.3 Å². The van der Waals surface area contributed by atoms with Crippen molar-refractivity contribution in [2.75, 3.05) is 13.1 Å². The first-order valence-electron chi connectivity index (χ1n) is 11.0. The minimum absolute atomic E-state index is 0.0601. The number of carboxylic acids is 1. The van der Waals surface area contributed by atoms with Crippen molar-refractivity contribution in [1.82, 2.24) is 9.47 Å². The molecule has 1 N–H and O–H groups in total. The van der Waals surface area contributed by atoms with Gasteiger partial charge in [0.1, 0.15) is 12.4 Å². The summed E-state index contributed by atoms with van der Waals surface area (Å²) < 4.78 is 7.41. The van der Waals surface area contributed by atoms with Gasteiger partial charge in [-0.25, -0.2) is 0 Å². The Balaban J connectivity index is 1.25. The number of pyridine rings is 1. The van der Waals surface area contributed by atoms with Gasteiger partial charge in [0.05, 0.1) is 5.92 Å². The standard InChI is InChI=1S/C25H28N2O4S/c28-24-16-22(31-18-23-2-1-15-32-23)10-14-27(24)13-7-19-3-5-20(6-4-19)17-26-11-8-21(9-12-26)25(29)30/h1-6,10,14-16,21H,7-9,11-13,17-18H2,(H,29,30). The van der Waals surface area contributed by atoms with Crippen molar-refractivity contribution in [3.8, 4) is 5.75 Å². The molecule has 168 valence electrons. The van der Waals surface area contributed by atoms with Crippen molar-refractivity contribution in [1.29, 1.82) is 0 Å². The van der Waals surface area contributed by atoms with Gasteiger partial charge in [-0.3, -0.25) is 14.5 Å². The number of ether oxygens (including phenoxy) is 1. The molecule has 0 saturated carbocycles. The maximum Gasteiger partial charge on any atom is 0.306 e. The Morgan fingerprint density at radius 2 is 1.84 bits per heavy atom. The Morgan fingerprint density at radius 1 is 1.09 bits per heavy atom. The number of thiophene rings is 1. The van der Waals surface area contributed by atoms with Gasteiger partial charge in [0.15, 0.2) is 0 Å². The molecule has 2 aromatic heterocycles. The maximum absolute atomic E-state index is 12.4. The van der Waals surface area contributed by atoms with E-state index in [-0.39, 0.29) is 11.5 Å². The largest absolute Gasteiger partial charge is 0.488 e. The van der Waals surface area contributed by atoms with Gasteiger partial charge in [0.2, 0.25) is 0 Å². The van der Waals surface area contributed by atoms with Crippen molar-refractivity contribution >= 4 is 17.3 Å². The van der Waals surface area contributed by atoms with E-state index in [4.69, 9.17) is 9.84 Å². The number of piperidine rings is 1. The third-order valence-electron chi connectivity index (χ3n) is 5.94. The fourth-order valence-electron chi connectivity index (χ4n) is 3.97. The summed E-state index contributed by atoms with van der Waals surface area (Å²) in [6, 6.07) is 15.9. The minimum atomic E-state index is -0.673. The molecule has 6 nitrogen and oxygen atoms in total. The molecule has 3 aromatic rings. The monoisotopic (exact) mass is 452 g/mol. The molecule has 0 aliphatic carbocycles. The highest BCUT2D eigenvalue weighted by molar-refractivity contribution is 7.09. The van der Waals surface area contributed by atoms with Crippen LogP contribution in [0.15, 0.2) is 64.9 Å². The fourth-order valence-corrected chi connectivity index (χ4v) is 4.59. The zero-order chi connectivity index (χ0) is 22.3. The second kappa shape index (κ2) is 10.6. The molecule has 1 fully saturated rings. The first-order valence-corrected chi connectivity index (χ1v) is 11.8. The highest BCUT2D eigenvalue weighted by Crippen LogP contribution is 2.19. The Kier molecular flexibility index (Phi) is 7.39.